The maximum absolute atomic E-state index is 12.7. The number of sulfonamides is 1. The number of rotatable bonds is 4. The van der Waals surface area contributed by atoms with E-state index in [1.807, 2.05) is 42.5 Å². The molecule has 1 heterocycles. The molecule has 0 saturated carbocycles. The van der Waals surface area contributed by atoms with E-state index in [9.17, 15) is 13.2 Å². The molecule has 4 rings (SSSR count). The second-order valence-corrected chi connectivity index (χ2v) is 8.48. The van der Waals surface area contributed by atoms with Crippen molar-refractivity contribution >= 4 is 32.4 Å². The molecule has 5 nitrogen and oxygen atoms in total. The van der Waals surface area contributed by atoms with Crippen LogP contribution in [0.1, 0.15) is 18.1 Å². The average Bonchev–Trinajstić information content (AvgIpc) is 3.10. The maximum atomic E-state index is 12.7. The number of benzene rings is 3. The Morgan fingerprint density at radius 1 is 1.04 bits per heavy atom. The van der Waals surface area contributed by atoms with Crippen molar-refractivity contribution < 1.29 is 13.2 Å². The molecule has 0 aliphatic carbocycles. The van der Waals surface area contributed by atoms with Crippen molar-refractivity contribution in [3.05, 3.63) is 71.8 Å². The van der Waals surface area contributed by atoms with E-state index in [4.69, 9.17) is 0 Å². The molecule has 1 amide bonds. The molecular weight excluding hydrogens is 360 g/mol. The Kier molecular flexibility index (Phi) is 4.45. The zero-order valence-corrected chi connectivity index (χ0v) is 15.8. The quantitative estimate of drug-likeness (QED) is 0.756. The van der Waals surface area contributed by atoms with Crippen molar-refractivity contribution in [3.63, 3.8) is 0 Å². The molecule has 0 atom stereocenters. The van der Waals surface area contributed by atoms with Crippen LogP contribution in [0.25, 0.3) is 10.8 Å². The smallest absolute Gasteiger partial charge is 0.240 e. The van der Waals surface area contributed by atoms with Gasteiger partial charge in [-0.15, -0.1) is 0 Å². The number of nitrogens with one attached hydrogen (secondary N) is 1. The van der Waals surface area contributed by atoms with E-state index in [-0.39, 0.29) is 17.3 Å². The normalized spacial score (nSPS) is 13.7. The molecule has 0 spiro atoms. The SMILES string of the molecule is CC(=O)N1CCc2cc(S(=O)(=O)NCc3ccc4ccccc4c3)ccc21. The van der Waals surface area contributed by atoms with Gasteiger partial charge in [-0.2, -0.15) is 0 Å². The number of hydrogen-bond donors (Lipinski definition) is 1. The van der Waals surface area contributed by atoms with Gasteiger partial charge in [-0.25, -0.2) is 13.1 Å². The van der Waals surface area contributed by atoms with Crippen LogP contribution in [0.5, 0.6) is 0 Å². The minimum atomic E-state index is -3.62. The van der Waals surface area contributed by atoms with E-state index in [1.165, 1.54) is 6.92 Å². The lowest BCUT2D eigenvalue weighted by atomic mass is 10.1. The third-order valence-electron chi connectivity index (χ3n) is 4.92. The van der Waals surface area contributed by atoms with Crippen molar-refractivity contribution in [1.29, 1.82) is 0 Å². The standard InChI is InChI=1S/C21H20N2O3S/c1-15(24)23-11-10-19-13-20(8-9-21(19)23)27(25,26)22-14-16-6-7-17-4-2-3-5-18(17)12-16/h2-9,12-13,22H,10-11,14H2,1H3. The first-order valence-electron chi connectivity index (χ1n) is 8.82. The number of carbonyl (C=O) groups is 1. The predicted molar refractivity (Wildman–Crippen MR) is 106 cm³/mol. The number of amides is 1. The van der Waals surface area contributed by atoms with Gasteiger partial charge in [0.25, 0.3) is 0 Å². The Hall–Kier alpha value is -2.70. The highest BCUT2D eigenvalue weighted by Crippen LogP contribution is 2.30. The van der Waals surface area contributed by atoms with E-state index in [0.29, 0.717) is 13.0 Å². The van der Waals surface area contributed by atoms with Crippen LogP contribution in [-0.4, -0.2) is 20.9 Å². The first kappa shape index (κ1) is 17.7. The van der Waals surface area contributed by atoms with Crippen LogP contribution in [0.2, 0.25) is 0 Å². The highest BCUT2D eigenvalue weighted by atomic mass is 32.2. The highest BCUT2D eigenvalue weighted by Gasteiger charge is 2.24. The second kappa shape index (κ2) is 6.79. The lowest BCUT2D eigenvalue weighted by Gasteiger charge is -2.15. The number of anilines is 1. The van der Waals surface area contributed by atoms with E-state index in [0.717, 1.165) is 27.6 Å². The summed E-state index contributed by atoms with van der Waals surface area (Å²) >= 11 is 0. The Balaban J connectivity index is 1.54. The van der Waals surface area contributed by atoms with Gasteiger partial charge in [-0.1, -0.05) is 36.4 Å². The zero-order chi connectivity index (χ0) is 19.0. The van der Waals surface area contributed by atoms with Crippen molar-refractivity contribution in [2.75, 3.05) is 11.4 Å². The molecule has 1 aliphatic heterocycles. The molecule has 0 radical (unpaired) electrons. The fourth-order valence-corrected chi connectivity index (χ4v) is 4.55. The minimum absolute atomic E-state index is 0.0289. The summed E-state index contributed by atoms with van der Waals surface area (Å²) in [5.41, 5.74) is 2.59. The Morgan fingerprint density at radius 3 is 2.59 bits per heavy atom. The molecule has 27 heavy (non-hydrogen) atoms. The first-order chi connectivity index (χ1) is 12.9. The lowest BCUT2D eigenvalue weighted by Crippen LogP contribution is -2.26. The van der Waals surface area contributed by atoms with E-state index in [1.54, 1.807) is 23.1 Å². The fourth-order valence-electron chi connectivity index (χ4n) is 3.48. The summed E-state index contributed by atoms with van der Waals surface area (Å²) in [6.07, 6.45) is 0.670. The summed E-state index contributed by atoms with van der Waals surface area (Å²) in [6, 6.07) is 18.8. The molecule has 0 aromatic heterocycles. The van der Waals surface area contributed by atoms with Gasteiger partial charge in [0.05, 0.1) is 4.90 Å². The van der Waals surface area contributed by atoms with Crippen molar-refractivity contribution in [3.8, 4) is 0 Å². The van der Waals surface area contributed by atoms with Crippen LogP contribution >= 0.6 is 0 Å². The molecule has 0 unspecified atom stereocenters. The molecule has 3 aromatic carbocycles. The monoisotopic (exact) mass is 380 g/mol. The Bertz CT molecular complexity index is 1140. The summed E-state index contributed by atoms with van der Waals surface area (Å²) in [6.45, 7) is 2.34. The van der Waals surface area contributed by atoms with Gasteiger partial charge in [0.2, 0.25) is 15.9 Å². The van der Waals surface area contributed by atoms with Crippen LogP contribution < -0.4 is 9.62 Å². The molecule has 1 aliphatic rings. The first-order valence-corrected chi connectivity index (χ1v) is 10.3. The molecule has 0 saturated heterocycles. The largest absolute Gasteiger partial charge is 0.312 e. The molecular formula is C21H20N2O3S. The summed E-state index contributed by atoms with van der Waals surface area (Å²) in [5.74, 6) is -0.0289. The van der Waals surface area contributed by atoms with Crippen molar-refractivity contribution in [2.24, 2.45) is 0 Å². The Labute approximate surface area is 158 Å². The van der Waals surface area contributed by atoms with E-state index < -0.39 is 10.0 Å². The van der Waals surface area contributed by atoms with Gasteiger partial charge in [0.1, 0.15) is 0 Å². The van der Waals surface area contributed by atoms with Crippen molar-refractivity contribution in [1.82, 2.24) is 4.72 Å². The van der Waals surface area contributed by atoms with Crippen LogP contribution in [0.4, 0.5) is 5.69 Å². The van der Waals surface area contributed by atoms with E-state index in [2.05, 4.69) is 4.72 Å². The van der Waals surface area contributed by atoms with Gasteiger partial charge in [0, 0.05) is 25.7 Å². The minimum Gasteiger partial charge on any atom is -0.312 e. The third kappa shape index (κ3) is 3.46. The number of hydrogen-bond acceptors (Lipinski definition) is 3. The maximum Gasteiger partial charge on any atom is 0.240 e. The fraction of sp³-hybridized carbons (Fsp3) is 0.190. The molecule has 1 N–H and O–H groups in total. The number of nitrogens with zero attached hydrogens (tertiary/aromatic N) is 1. The third-order valence-corrected chi connectivity index (χ3v) is 6.32. The van der Waals surface area contributed by atoms with Crippen molar-refractivity contribution in [2.45, 2.75) is 24.8 Å². The molecule has 138 valence electrons. The molecule has 3 aromatic rings. The molecule has 0 bridgehead atoms. The van der Waals surface area contributed by atoms with Crippen LogP contribution in [0, 0.1) is 0 Å². The Morgan fingerprint density at radius 2 is 1.81 bits per heavy atom. The number of carbonyl (C=O) groups excluding carboxylic acids is 1. The van der Waals surface area contributed by atoms with Gasteiger partial charge in [-0.3, -0.25) is 4.79 Å². The van der Waals surface area contributed by atoms with E-state index >= 15 is 0 Å². The number of fused-ring (bicyclic) bond motifs is 2. The highest BCUT2D eigenvalue weighted by molar-refractivity contribution is 7.89. The predicted octanol–water partition coefficient (Wildman–Crippen LogP) is 3.23. The lowest BCUT2D eigenvalue weighted by molar-refractivity contribution is -0.116. The zero-order valence-electron chi connectivity index (χ0n) is 15.0. The second-order valence-electron chi connectivity index (χ2n) is 6.72. The summed E-state index contributed by atoms with van der Waals surface area (Å²) in [5, 5.41) is 2.20. The summed E-state index contributed by atoms with van der Waals surface area (Å²) in [7, 11) is -3.62. The van der Waals surface area contributed by atoms with Crippen LogP contribution in [-0.2, 0) is 27.8 Å². The van der Waals surface area contributed by atoms with Gasteiger partial charge < -0.3 is 4.90 Å². The topological polar surface area (TPSA) is 66.5 Å². The van der Waals surface area contributed by atoms with Gasteiger partial charge in [0.15, 0.2) is 0 Å². The molecule has 0 fully saturated rings. The van der Waals surface area contributed by atoms with Crippen LogP contribution in [0.15, 0.2) is 65.6 Å². The van der Waals surface area contributed by atoms with Crippen LogP contribution in [0.3, 0.4) is 0 Å². The summed E-state index contributed by atoms with van der Waals surface area (Å²) in [4.78, 5) is 13.5. The molecule has 6 heteroatoms. The van der Waals surface area contributed by atoms with Gasteiger partial charge >= 0.3 is 0 Å². The summed E-state index contributed by atoms with van der Waals surface area (Å²) < 4.78 is 28.1. The average molecular weight is 380 g/mol. The van der Waals surface area contributed by atoms with Gasteiger partial charge in [-0.05, 0) is 52.6 Å².